The van der Waals surface area contributed by atoms with Gasteiger partial charge in [-0.15, -0.1) is 10.2 Å². The molecule has 1 aliphatic rings. The molecule has 0 bridgehead atoms. The fraction of sp³-hybridized carbons (Fsp3) is 0.227. The van der Waals surface area contributed by atoms with Crippen LogP contribution in [0.15, 0.2) is 65.2 Å². The molecule has 1 saturated heterocycles. The number of halogens is 3. The smallest absolute Gasteiger partial charge is 0.416 e. The molecular weight excluding hydrogens is 409 g/mol. The average molecular weight is 426 g/mol. The number of carbonyl (C=O) groups excluding carboxylic acids is 1. The number of rotatable bonds is 3. The van der Waals surface area contributed by atoms with Gasteiger partial charge in [0.25, 0.3) is 5.91 Å². The van der Waals surface area contributed by atoms with Gasteiger partial charge in [-0.25, -0.2) is 0 Å². The highest BCUT2D eigenvalue weighted by Crippen LogP contribution is 2.35. The zero-order valence-corrected chi connectivity index (χ0v) is 16.2. The number of benzene rings is 1. The number of pyridine rings is 1. The predicted molar refractivity (Wildman–Crippen MR) is 105 cm³/mol. The maximum atomic E-state index is 13.2. The molecule has 0 radical (unpaired) electrons. The van der Waals surface area contributed by atoms with E-state index in [1.54, 1.807) is 4.90 Å². The van der Waals surface area contributed by atoms with Crippen molar-refractivity contribution in [3.8, 4) is 11.3 Å². The molecular formula is C22H17F3N4O2. The number of likely N-dealkylation sites (tertiary alicyclic amines) is 1. The van der Waals surface area contributed by atoms with Crippen LogP contribution >= 0.6 is 0 Å². The van der Waals surface area contributed by atoms with Gasteiger partial charge in [-0.3, -0.25) is 9.20 Å². The number of furan rings is 1. The number of aromatic nitrogens is 3. The molecule has 3 aromatic heterocycles. The van der Waals surface area contributed by atoms with Crippen LogP contribution in [0.2, 0.25) is 0 Å². The molecule has 31 heavy (non-hydrogen) atoms. The Morgan fingerprint density at radius 3 is 2.77 bits per heavy atom. The maximum Gasteiger partial charge on any atom is 0.416 e. The van der Waals surface area contributed by atoms with Gasteiger partial charge in [0.05, 0.1) is 11.6 Å². The first-order valence-corrected chi connectivity index (χ1v) is 9.80. The Morgan fingerprint density at radius 1 is 1.06 bits per heavy atom. The van der Waals surface area contributed by atoms with Crippen LogP contribution in [0.4, 0.5) is 13.2 Å². The minimum atomic E-state index is -4.45. The van der Waals surface area contributed by atoms with Crippen LogP contribution in [0.5, 0.6) is 0 Å². The van der Waals surface area contributed by atoms with Crippen molar-refractivity contribution in [3.05, 3.63) is 77.9 Å². The minimum absolute atomic E-state index is 0.0770. The quantitative estimate of drug-likeness (QED) is 0.463. The third kappa shape index (κ3) is 3.45. The van der Waals surface area contributed by atoms with E-state index in [1.165, 1.54) is 24.3 Å². The lowest BCUT2D eigenvalue weighted by Crippen LogP contribution is -2.31. The highest BCUT2D eigenvalue weighted by atomic mass is 19.4. The summed E-state index contributed by atoms with van der Waals surface area (Å²) in [7, 11) is 0. The second-order valence-corrected chi connectivity index (χ2v) is 7.39. The second-order valence-electron chi connectivity index (χ2n) is 7.39. The van der Waals surface area contributed by atoms with Crippen molar-refractivity contribution >= 4 is 11.6 Å². The first-order chi connectivity index (χ1) is 14.9. The largest absolute Gasteiger partial charge is 0.451 e. The van der Waals surface area contributed by atoms with Gasteiger partial charge >= 0.3 is 6.18 Å². The Balaban J connectivity index is 1.43. The Hall–Kier alpha value is -3.62. The van der Waals surface area contributed by atoms with Crippen molar-refractivity contribution in [3.63, 3.8) is 0 Å². The maximum absolute atomic E-state index is 13.2. The monoisotopic (exact) mass is 426 g/mol. The summed E-state index contributed by atoms with van der Waals surface area (Å²) in [6.45, 7) is 0.533. The van der Waals surface area contributed by atoms with Gasteiger partial charge in [0.2, 0.25) is 0 Å². The number of nitrogens with zero attached hydrogens (tertiary/aromatic N) is 4. The Kier molecular flexibility index (Phi) is 4.53. The standard InChI is InChI=1S/C22H17F3N4O2/c23-22(24,25)15-6-3-5-14(13-15)17-9-10-18(31-17)21(30)28-12-4-7-16(28)20-27-26-19-8-1-2-11-29(19)20/h1-3,5-6,8-11,13,16H,4,7,12H2/t16-/m0/s1. The fourth-order valence-electron chi connectivity index (χ4n) is 3.96. The zero-order chi connectivity index (χ0) is 21.6. The van der Waals surface area contributed by atoms with E-state index in [4.69, 9.17) is 4.42 Å². The molecule has 0 N–H and O–H groups in total. The molecule has 6 nitrogen and oxygen atoms in total. The predicted octanol–water partition coefficient (Wildman–Crippen LogP) is 4.99. The molecule has 0 unspecified atom stereocenters. The minimum Gasteiger partial charge on any atom is -0.451 e. The number of fused-ring (bicyclic) bond motifs is 1. The van der Waals surface area contributed by atoms with Crippen LogP contribution in [-0.4, -0.2) is 31.9 Å². The van der Waals surface area contributed by atoms with E-state index >= 15 is 0 Å². The van der Waals surface area contributed by atoms with E-state index in [2.05, 4.69) is 10.2 Å². The SMILES string of the molecule is O=C(c1ccc(-c2cccc(C(F)(F)F)c2)o1)N1CCC[C@H]1c1nnc2ccccn12. The molecule has 1 atom stereocenters. The van der Waals surface area contributed by atoms with Gasteiger partial charge in [-0.05, 0) is 49.2 Å². The van der Waals surface area contributed by atoms with E-state index in [-0.39, 0.29) is 29.0 Å². The summed E-state index contributed by atoms with van der Waals surface area (Å²) < 4.78 is 46.5. The van der Waals surface area contributed by atoms with Crippen LogP contribution in [-0.2, 0) is 6.18 Å². The Morgan fingerprint density at radius 2 is 1.94 bits per heavy atom. The van der Waals surface area contributed by atoms with Crippen LogP contribution in [0.1, 0.15) is 40.8 Å². The molecule has 1 amide bonds. The number of amides is 1. The average Bonchev–Trinajstić information content (AvgIpc) is 3.51. The summed E-state index contributed by atoms with van der Waals surface area (Å²) in [5.41, 5.74) is 0.185. The van der Waals surface area contributed by atoms with E-state index in [9.17, 15) is 18.0 Å². The van der Waals surface area contributed by atoms with Gasteiger partial charge in [-0.2, -0.15) is 13.2 Å². The first kappa shape index (κ1) is 19.3. The third-order valence-electron chi connectivity index (χ3n) is 5.44. The molecule has 0 saturated carbocycles. The van der Waals surface area contributed by atoms with Crippen molar-refractivity contribution in [2.45, 2.75) is 25.1 Å². The van der Waals surface area contributed by atoms with Gasteiger partial charge in [-0.1, -0.05) is 18.2 Å². The van der Waals surface area contributed by atoms with Crippen molar-refractivity contribution in [2.75, 3.05) is 6.54 Å². The molecule has 4 heterocycles. The van der Waals surface area contributed by atoms with Crippen molar-refractivity contribution in [1.29, 1.82) is 0 Å². The molecule has 1 fully saturated rings. The van der Waals surface area contributed by atoms with Gasteiger partial charge in [0.1, 0.15) is 5.76 Å². The van der Waals surface area contributed by atoms with Crippen molar-refractivity contribution in [1.82, 2.24) is 19.5 Å². The molecule has 0 spiro atoms. The second kappa shape index (κ2) is 7.26. The number of alkyl halides is 3. The molecule has 1 aromatic carbocycles. The molecule has 0 aliphatic carbocycles. The van der Waals surface area contributed by atoms with Crippen molar-refractivity contribution in [2.24, 2.45) is 0 Å². The van der Waals surface area contributed by atoms with E-state index in [0.717, 1.165) is 25.0 Å². The van der Waals surface area contributed by atoms with Gasteiger partial charge in [0.15, 0.2) is 17.2 Å². The molecule has 1 aliphatic heterocycles. The van der Waals surface area contributed by atoms with E-state index in [1.807, 2.05) is 28.8 Å². The molecule has 158 valence electrons. The summed E-state index contributed by atoms with van der Waals surface area (Å²) in [6, 6.07) is 13.2. The zero-order valence-electron chi connectivity index (χ0n) is 16.2. The normalized spacial score (nSPS) is 16.9. The highest BCUT2D eigenvalue weighted by Gasteiger charge is 2.35. The Labute approximate surface area is 174 Å². The lowest BCUT2D eigenvalue weighted by molar-refractivity contribution is -0.137. The number of hydrogen-bond donors (Lipinski definition) is 0. The number of hydrogen-bond acceptors (Lipinski definition) is 4. The summed E-state index contributed by atoms with van der Waals surface area (Å²) in [5, 5.41) is 8.43. The van der Waals surface area contributed by atoms with Gasteiger partial charge in [0, 0.05) is 18.3 Å². The lowest BCUT2D eigenvalue weighted by Gasteiger charge is -2.22. The third-order valence-corrected chi connectivity index (χ3v) is 5.44. The van der Waals surface area contributed by atoms with Crippen molar-refractivity contribution < 1.29 is 22.4 Å². The summed E-state index contributed by atoms with van der Waals surface area (Å²) in [6.07, 6.45) is -1.06. The van der Waals surface area contributed by atoms with Crippen LogP contribution in [0, 0.1) is 0 Å². The fourth-order valence-corrected chi connectivity index (χ4v) is 3.96. The summed E-state index contributed by atoms with van der Waals surface area (Å²) in [5.74, 6) is 0.630. The van der Waals surface area contributed by atoms with E-state index in [0.29, 0.717) is 18.0 Å². The van der Waals surface area contributed by atoms with Crippen LogP contribution in [0.3, 0.4) is 0 Å². The lowest BCUT2D eigenvalue weighted by atomic mass is 10.1. The Bertz CT molecular complexity index is 1260. The van der Waals surface area contributed by atoms with E-state index < -0.39 is 11.7 Å². The molecule has 4 aromatic rings. The number of carbonyl (C=O) groups is 1. The highest BCUT2D eigenvalue weighted by molar-refractivity contribution is 5.92. The molecule has 9 heteroatoms. The molecule has 5 rings (SSSR count). The summed E-state index contributed by atoms with van der Waals surface area (Å²) >= 11 is 0. The first-order valence-electron chi connectivity index (χ1n) is 9.80. The van der Waals surface area contributed by atoms with Crippen LogP contribution in [0.25, 0.3) is 17.0 Å². The van der Waals surface area contributed by atoms with Crippen LogP contribution < -0.4 is 0 Å². The van der Waals surface area contributed by atoms with Gasteiger partial charge < -0.3 is 9.32 Å². The topological polar surface area (TPSA) is 63.6 Å². The summed E-state index contributed by atoms with van der Waals surface area (Å²) in [4.78, 5) is 14.8.